The number of carbonyl (C=O) groups excluding carboxylic acids is 1. The summed E-state index contributed by atoms with van der Waals surface area (Å²) in [5.74, 6) is 1.16. The largest absolute Gasteiger partial charge is 0.326 e. The van der Waals surface area contributed by atoms with E-state index < -0.39 is 6.03 Å². The minimum absolute atomic E-state index is 0.278. The van der Waals surface area contributed by atoms with Crippen molar-refractivity contribution in [2.75, 3.05) is 17.6 Å². The van der Waals surface area contributed by atoms with Gasteiger partial charge < -0.3 is 0 Å². The molecule has 0 unspecified atom stereocenters. The molecule has 7 nitrogen and oxygen atoms in total. The number of rotatable bonds is 1. The molecule has 0 bridgehead atoms. The normalized spacial score (nSPS) is 14.4. The zero-order valence-corrected chi connectivity index (χ0v) is 9.00. The number of hydrogen-bond donors (Lipinski definition) is 3. The number of aromatic amines is 1. The summed E-state index contributed by atoms with van der Waals surface area (Å²) in [5, 5.41) is 11.5. The van der Waals surface area contributed by atoms with Crippen molar-refractivity contribution in [1.29, 1.82) is 0 Å². The van der Waals surface area contributed by atoms with Crippen molar-refractivity contribution in [1.82, 2.24) is 15.5 Å². The molecule has 1 aliphatic rings. The average Bonchev–Trinajstić information content (AvgIpc) is 2.74. The molecule has 0 radical (unpaired) electrons. The zero-order valence-electron chi connectivity index (χ0n) is 8.19. The predicted molar refractivity (Wildman–Crippen MR) is 61.8 cm³/mol. The highest BCUT2D eigenvalue weighted by Crippen LogP contribution is 2.08. The Kier molecular flexibility index (Phi) is 3.20. The Morgan fingerprint density at radius 3 is 2.94 bits per heavy atom. The van der Waals surface area contributed by atoms with Crippen LogP contribution in [0.5, 0.6) is 0 Å². The van der Waals surface area contributed by atoms with Crippen LogP contribution in [0.2, 0.25) is 0 Å². The maximum atomic E-state index is 11.4. The quantitative estimate of drug-likeness (QED) is 0.642. The van der Waals surface area contributed by atoms with Gasteiger partial charge >= 0.3 is 6.03 Å². The summed E-state index contributed by atoms with van der Waals surface area (Å²) in [6.07, 6.45) is 0. The summed E-state index contributed by atoms with van der Waals surface area (Å²) in [6, 6.07) is 2.28. The Morgan fingerprint density at radius 1 is 1.44 bits per heavy atom. The van der Waals surface area contributed by atoms with Crippen LogP contribution in [0.25, 0.3) is 0 Å². The number of nitrogens with one attached hydrogen (secondary N) is 3. The minimum atomic E-state index is -0.423. The topological polar surface area (TPSA) is 99.2 Å². The number of hydrogen-bond acceptors (Lipinski definition) is 5. The molecular weight excluding hydrogens is 230 g/mol. The van der Waals surface area contributed by atoms with E-state index in [1.807, 2.05) is 0 Å². The van der Waals surface area contributed by atoms with E-state index in [9.17, 15) is 9.59 Å². The van der Waals surface area contributed by atoms with Gasteiger partial charge in [0.15, 0.2) is 11.0 Å². The Labute approximate surface area is 94.7 Å². The Balaban J connectivity index is 1.91. The second-order valence-electron chi connectivity index (χ2n) is 2.92. The monoisotopic (exact) mass is 239 g/mol. The lowest BCUT2D eigenvalue weighted by atomic mass is 10.5. The van der Waals surface area contributed by atoms with Crippen LogP contribution in [-0.2, 0) is 0 Å². The number of amidine groups is 1. The lowest BCUT2D eigenvalue weighted by Crippen LogP contribution is -2.32. The van der Waals surface area contributed by atoms with Crippen molar-refractivity contribution in [3.63, 3.8) is 0 Å². The Morgan fingerprint density at radius 2 is 2.31 bits per heavy atom. The van der Waals surface area contributed by atoms with Gasteiger partial charge in [-0.2, -0.15) is 5.10 Å². The summed E-state index contributed by atoms with van der Waals surface area (Å²) in [4.78, 5) is 26.2. The first kappa shape index (κ1) is 10.7. The highest BCUT2D eigenvalue weighted by Gasteiger charge is 2.10. The van der Waals surface area contributed by atoms with Gasteiger partial charge in [0.05, 0.1) is 6.54 Å². The Hall–Kier alpha value is -1.83. The third kappa shape index (κ3) is 2.83. The molecule has 2 amide bonds. The van der Waals surface area contributed by atoms with Crippen LogP contribution in [0.1, 0.15) is 0 Å². The molecule has 1 aromatic rings. The zero-order chi connectivity index (χ0) is 11.4. The van der Waals surface area contributed by atoms with E-state index in [0.717, 1.165) is 12.3 Å². The molecule has 0 spiro atoms. The van der Waals surface area contributed by atoms with Crippen LogP contribution >= 0.6 is 11.8 Å². The van der Waals surface area contributed by atoms with Crippen LogP contribution in [0.4, 0.5) is 10.6 Å². The van der Waals surface area contributed by atoms with E-state index in [-0.39, 0.29) is 11.4 Å². The number of aliphatic imine (C=N–C) groups is 1. The average molecular weight is 239 g/mol. The molecule has 84 valence electrons. The van der Waals surface area contributed by atoms with E-state index >= 15 is 0 Å². The highest BCUT2D eigenvalue weighted by atomic mass is 32.2. The van der Waals surface area contributed by atoms with E-state index in [0.29, 0.717) is 5.17 Å². The van der Waals surface area contributed by atoms with Gasteiger partial charge in [-0.15, -0.1) is 0 Å². The molecule has 16 heavy (non-hydrogen) atoms. The summed E-state index contributed by atoms with van der Waals surface area (Å²) in [6.45, 7) is 0.719. The number of anilines is 1. The fourth-order valence-electron chi connectivity index (χ4n) is 1.07. The van der Waals surface area contributed by atoms with Crippen LogP contribution in [-0.4, -0.2) is 33.7 Å². The standard InChI is InChI=1S/C8H9N5O2S/c14-6-2-1-5(12-13-6)10-7(15)11-8-9-3-4-16-8/h1-2H,3-4H2,(H,13,14)(H2,9,10,11,12,15). The molecule has 0 fully saturated rings. The number of H-pyrrole nitrogens is 1. The van der Waals surface area contributed by atoms with Gasteiger partial charge in [0.2, 0.25) is 0 Å². The molecule has 8 heteroatoms. The molecule has 0 atom stereocenters. The smallest absolute Gasteiger partial charge is 0.291 e. The van der Waals surface area contributed by atoms with E-state index in [1.54, 1.807) is 0 Å². The highest BCUT2D eigenvalue weighted by molar-refractivity contribution is 8.14. The third-order valence-corrected chi connectivity index (χ3v) is 2.62. The summed E-state index contributed by atoms with van der Waals surface area (Å²) in [5.41, 5.74) is -0.318. The Bertz CT molecular complexity index is 463. The number of amides is 2. The fourth-order valence-corrected chi connectivity index (χ4v) is 1.79. The maximum Gasteiger partial charge on any atom is 0.326 e. The first-order valence-electron chi connectivity index (χ1n) is 4.55. The van der Waals surface area contributed by atoms with Crippen molar-refractivity contribution >= 4 is 28.8 Å². The van der Waals surface area contributed by atoms with Crippen LogP contribution in [0.3, 0.4) is 0 Å². The van der Waals surface area contributed by atoms with Gasteiger partial charge in [0.25, 0.3) is 5.56 Å². The summed E-state index contributed by atoms with van der Waals surface area (Å²) < 4.78 is 0. The molecule has 0 aromatic carbocycles. The first-order chi connectivity index (χ1) is 7.74. The maximum absolute atomic E-state index is 11.4. The predicted octanol–water partition coefficient (Wildman–Crippen LogP) is -0.00580. The van der Waals surface area contributed by atoms with Crippen LogP contribution in [0, 0.1) is 0 Å². The van der Waals surface area contributed by atoms with Gasteiger partial charge in [-0.25, -0.2) is 9.89 Å². The molecule has 3 N–H and O–H groups in total. The number of aromatic nitrogens is 2. The van der Waals surface area contributed by atoms with Crippen molar-refractivity contribution in [2.45, 2.75) is 0 Å². The van der Waals surface area contributed by atoms with Crippen molar-refractivity contribution in [3.05, 3.63) is 22.5 Å². The lowest BCUT2D eigenvalue weighted by molar-refractivity contribution is 0.256. The molecule has 2 rings (SSSR count). The second-order valence-corrected chi connectivity index (χ2v) is 4.00. The molecule has 2 heterocycles. The van der Waals surface area contributed by atoms with Crippen molar-refractivity contribution in [2.24, 2.45) is 4.99 Å². The van der Waals surface area contributed by atoms with Gasteiger partial charge in [-0.1, -0.05) is 11.8 Å². The van der Waals surface area contributed by atoms with Gasteiger partial charge in [0, 0.05) is 11.8 Å². The summed E-state index contributed by atoms with van der Waals surface area (Å²) in [7, 11) is 0. The van der Waals surface area contributed by atoms with E-state index in [4.69, 9.17) is 0 Å². The van der Waals surface area contributed by atoms with E-state index in [1.165, 1.54) is 23.9 Å². The number of thioether (sulfide) groups is 1. The number of nitrogens with zero attached hydrogens (tertiary/aromatic N) is 2. The fraction of sp³-hybridized carbons (Fsp3) is 0.250. The molecule has 1 aliphatic heterocycles. The van der Waals surface area contributed by atoms with Gasteiger partial charge in [0.1, 0.15) is 0 Å². The first-order valence-corrected chi connectivity index (χ1v) is 5.53. The molecule has 1 aromatic heterocycles. The SMILES string of the molecule is O=C(NC1=NCCS1)Nc1ccc(=O)[nH]n1. The van der Waals surface area contributed by atoms with Crippen LogP contribution < -0.4 is 16.2 Å². The van der Waals surface area contributed by atoms with Gasteiger partial charge in [-0.05, 0) is 6.07 Å². The number of urea groups is 1. The summed E-state index contributed by atoms with van der Waals surface area (Å²) >= 11 is 1.48. The molecule has 0 saturated carbocycles. The van der Waals surface area contributed by atoms with Gasteiger partial charge in [-0.3, -0.25) is 20.4 Å². The second kappa shape index (κ2) is 4.79. The van der Waals surface area contributed by atoms with Crippen molar-refractivity contribution in [3.8, 4) is 0 Å². The minimum Gasteiger partial charge on any atom is -0.291 e. The molecule has 0 aliphatic carbocycles. The van der Waals surface area contributed by atoms with Crippen molar-refractivity contribution < 1.29 is 4.79 Å². The lowest BCUT2D eigenvalue weighted by Gasteiger charge is -2.04. The molecular formula is C8H9N5O2S. The van der Waals surface area contributed by atoms with Crippen LogP contribution in [0.15, 0.2) is 21.9 Å². The number of carbonyl (C=O) groups is 1. The van der Waals surface area contributed by atoms with E-state index in [2.05, 4.69) is 25.8 Å². The molecule has 0 saturated heterocycles. The third-order valence-electron chi connectivity index (χ3n) is 1.73.